The third-order valence-electron chi connectivity index (χ3n) is 10.3. The molecule has 0 spiro atoms. The number of nitrogens with zero attached hydrogens (tertiary/aromatic N) is 2. The molecule has 4 aromatic carbocycles. The number of halogens is 4. The number of rotatable bonds is 4. The third kappa shape index (κ3) is 9.24. The van der Waals surface area contributed by atoms with Crippen LogP contribution in [0.1, 0.15) is 61.0 Å². The predicted octanol–water partition coefficient (Wildman–Crippen LogP) is 11.8. The number of methoxy groups -OCH3 is 2. The van der Waals surface area contributed by atoms with Gasteiger partial charge in [-0.1, -0.05) is 0 Å². The van der Waals surface area contributed by atoms with Gasteiger partial charge in [-0.15, -0.1) is 49.2 Å². The van der Waals surface area contributed by atoms with Crippen LogP contribution in [0, 0.1) is 47.6 Å². The van der Waals surface area contributed by atoms with Crippen molar-refractivity contribution < 1.29 is 48.8 Å². The second kappa shape index (κ2) is 19.4. The van der Waals surface area contributed by atoms with E-state index in [1.54, 1.807) is 14.2 Å². The van der Waals surface area contributed by atoms with Gasteiger partial charge < -0.3 is 18.6 Å². The minimum Gasteiger partial charge on any atom is -0.497 e. The molecule has 6 aromatic rings. The number of fused-ring (bicyclic) bond motifs is 6. The van der Waals surface area contributed by atoms with Gasteiger partial charge in [-0.05, 0) is 110 Å². The molecule has 4 nitrogen and oxygen atoms in total. The molecule has 0 amide bonds. The first kappa shape index (κ1) is 41.6. The molecule has 0 saturated carbocycles. The molecule has 10 rings (SSSR count). The van der Waals surface area contributed by atoms with Crippen LogP contribution in [-0.2, 0) is 47.4 Å². The van der Waals surface area contributed by atoms with Crippen molar-refractivity contribution in [3.05, 3.63) is 167 Å². The van der Waals surface area contributed by atoms with Crippen LogP contribution >= 0.6 is 0 Å². The molecule has 0 aliphatic heterocycles. The number of hydrogen-bond donors (Lipinski definition) is 0. The molecule has 0 N–H and O–H groups in total. The predicted molar refractivity (Wildman–Crippen MR) is 214 cm³/mol. The topological polar surface area (TPSA) is 28.3 Å². The maximum absolute atomic E-state index is 14.3. The molecule has 2 aromatic heterocycles. The molecule has 288 valence electrons. The molecule has 57 heavy (non-hydrogen) atoms. The average molecular weight is 803 g/mol. The molecule has 4 aliphatic carbocycles. The van der Waals surface area contributed by atoms with E-state index in [4.69, 9.17) is 9.47 Å². The minimum atomic E-state index is -0.682. The van der Waals surface area contributed by atoms with E-state index in [1.165, 1.54) is 35.4 Å². The van der Waals surface area contributed by atoms with Crippen LogP contribution in [-0.4, -0.2) is 23.4 Å². The minimum absolute atomic E-state index is 0. The number of aryl methyl sites for hydroxylation is 2. The van der Waals surface area contributed by atoms with Gasteiger partial charge in [-0.3, -0.25) is 12.2 Å². The Labute approximate surface area is 346 Å². The molecular weight excluding hydrogens is 760 g/mol. The van der Waals surface area contributed by atoms with Gasteiger partial charge in [0, 0.05) is 56.5 Å². The van der Waals surface area contributed by atoms with Crippen LogP contribution in [0.3, 0.4) is 0 Å². The van der Waals surface area contributed by atoms with Crippen LogP contribution in [0.2, 0.25) is 0 Å². The first-order valence-corrected chi connectivity index (χ1v) is 19.0. The largest absolute Gasteiger partial charge is 4.00 e. The Hall–Kier alpha value is -5.05. The Morgan fingerprint density at radius 3 is 1.30 bits per heavy atom. The Kier molecular flexibility index (Phi) is 14.2. The quantitative estimate of drug-likeness (QED) is 0.101. The van der Waals surface area contributed by atoms with E-state index in [-0.39, 0.29) is 21.7 Å². The van der Waals surface area contributed by atoms with E-state index in [1.807, 2.05) is 69.8 Å². The van der Waals surface area contributed by atoms with Gasteiger partial charge in [-0.2, -0.15) is 12.2 Å². The van der Waals surface area contributed by atoms with Gasteiger partial charge in [-0.25, -0.2) is 41.9 Å². The summed E-state index contributed by atoms with van der Waals surface area (Å²) in [5.41, 5.74) is 7.27. The Balaban J connectivity index is 0.000000152. The molecule has 2 heterocycles. The van der Waals surface area contributed by atoms with Crippen molar-refractivity contribution in [2.45, 2.75) is 64.2 Å². The number of benzene rings is 4. The van der Waals surface area contributed by atoms with Crippen molar-refractivity contribution in [1.82, 2.24) is 9.13 Å². The standard InChI is InChI=1S/2C19H16F2NO.2C5H5.Ti/c2*1-23-13-7-9-18-15(11-13)14-4-2-3-5-17(14)22(18)19-8-6-12(20)10-16(19)21;2*1-2-4-5-3-1;/h2*6-9,11H,2-5H2,1H3;2*1-3H,4H2;/q4*-1;+4. The van der Waals surface area contributed by atoms with Crippen molar-refractivity contribution in [2.75, 3.05) is 14.2 Å². The summed E-state index contributed by atoms with van der Waals surface area (Å²) in [4.78, 5) is 0. The maximum atomic E-state index is 14.3. The molecule has 0 saturated heterocycles. The van der Waals surface area contributed by atoms with Crippen LogP contribution in [0.5, 0.6) is 11.5 Å². The summed E-state index contributed by atoms with van der Waals surface area (Å²) in [6, 6.07) is 21.4. The third-order valence-corrected chi connectivity index (χ3v) is 10.3. The fourth-order valence-electron chi connectivity index (χ4n) is 7.75. The van der Waals surface area contributed by atoms with Gasteiger partial charge in [0.05, 0.1) is 14.2 Å². The van der Waals surface area contributed by atoms with E-state index < -0.39 is 23.3 Å². The molecule has 0 radical (unpaired) electrons. The van der Waals surface area contributed by atoms with Crippen molar-refractivity contribution in [1.29, 1.82) is 0 Å². The zero-order valence-electron chi connectivity index (χ0n) is 32.0. The van der Waals surface area contributed by atoms with Crippen molar-refractivity contribution >= 4 is 21.8 Å². The van der Waals surface area contributed by atoms with Gasteiger partial charge >= 0.3 is 21.7 Å². The van der Waals surface area contributed by atoms with Crippen molar-refractivity contribution in [3.63, 3.8) is 0 Å². The van der Waals surface area contributed by atoms with Crippen LogP contribution < -0.4 is 9.47 Å². The van der Waals surface area contributed by atoms with E-state index in [2.05, 4.69) is 36.4 Å². The fourth-order valence-corrected chi connectivity index (χ4v) is 7.75. The Bertz CT molecular complexity index is 2280. The molecule has 4 aliphatic rings. The summed E-state index contributed by atoms with van der Waals surface area (Å²) in [6.07, 6.45) is 28.1. The van der Waals surface area contributed by atoms with Gasteiger partial charge in [0.25, 0.3) is 0 Å². The first-order valence-electron chi connectivity index (χ1n) is 19.0. The van der Waals surface area contributed by atoms with Crippen LogP contribution in [0.25, 0.3) is 33.2 Å². The SMILES string of the molecule is COc1ccc2c(c1)c1c(n2-c2ccc(F)[c-]c2F)CCCC1.COc1ccc2c(c1)c1c(n2-c2ccc(F)[c-]c2F)CCCC1.[C-]1=CC=CC1.[C-]1=CC=CC1.[Ti+4]. The zero-order valence-corrected chi connectivity index (χ0v) is 33.6. The molecule has 0 unspecified atom stereocenters. The van der Waals surface area contributed by atoms with Gasteiger partial charge in [0.15, 0.2) is 0 Å². The summed E-state index contributed by atoms with van der Waals surface area (Å²) in [6.45, 7) is 0. The summed E-state index contributed by atoms with van der Waals surface area (Å²) in [7, 11) is 3.28. The fraction of sp³-hybridized carbons (Fsp3) is 0.250. The van der Waals surface area contributed by atoms with Crippen LogP contribution in [0.4, 0.5) is 17.6 Å². The summed E-state index contributed by atoms with van der Waals surface area (Å²) in [5, 5.41) is 2.17. The summed E-state index contributed by atoms with van der Waals surface area (Å²) >= 11 is 0. The van der Waals surface area contributed by atoms with Crippen LogP contribution in [0.15, 0.2) is 97.1 Å². The first-order chi connectivity index (χ1) is 27.4. The molecule has 9 heteroatoms. The normalized spacial score (nSPS) is 14.4. The number of aromatic nitrogens is 2. The molecule has 0 fully saturated rings. The monoisotopic (exact) mass is 802 g/mol. The van der Waals surface area contributed by atoms with Crippen molar-refractivity contribution in [2.24, 2.45) is 0 Å². The zero-order chi connectivity index (χ0) is 39.0. The number of hydrogen-bond acceptors (Lipinski definition) is 2. The second-order valence-corrected chi connectivity index (χ2v) is 13.7. The van der Waals surface area contributed by atoms with Crippen molar-refractivity contribution in [3.8, 4) is 22.9 Å². The van der Waals surface area contributed by atoms with Gasteiger partial charge in [0.2, 0.25) is 0 Å². The Morgan fingerprint density at radius 1 is 0.544 bits per heavy atom. The van der Waals surface area contributed by atoms with Gasteiger partial charge in [0.1, 0.15) is 11.5 Å². The van der Waals surface area contributed by atoms with E-state index in [0.29, 0.717) is 11.4 Å². The molecule has 0 bridgehead atoms. The van der Waals surface area contributed by atoms with E-state index in [9.17, 15) is 17.6 Å². The Morgan fingerprint density at radius 2 is 0.965 bits per heavy atom. The van der Waals surface area contributed by atoms with E-state index in [0.717, 1.165) is 109 Å². The average Bonchev–Trinajstić information content (AvgIpc) is 4.07. The summed E-state index contributed by atoms with van der Waals surface area (Å²) in [5.74, 6) is -1.11. The maximum Gasteiger partial charge on any atom is 4.00 e. The molecular formula is C48H42F4N2O2Ti. The number of allylic oxidation sites excluding steroid dienone is 8. The number of ether oxygens (including phenoxy) is 2. The molecule has 0 atom stereocenters. The second-order valence-electron chi connectivity index (χ2n) is 13.7. The van der Waals surface area contributed by atoms with E-state index >= 15 is 0 Å². The smallest absolute Gasteiger partial charge is 0.497 e. The summed E-state index contributed by atoms with van der Waals surface area (Å²) < 4.78 is 69.6.